The van der Waals surface area contributed by atoms with Gasteiger partial charge >= 0.3 is 5.97 Å². The molecule has 0 fully saturated rings. The minimum Gasteiger partial charge on any atom is -0.481 e. The summed E-state index contributed by atoms with van der Waals surface area (Å²) < 4.78 is 0. The zero-order chi connectivity index (χ0) is 11.8. The summed E-state index contributed by atoms with van der Waals surface area (Å²) in [6, 6.07) is 12.6. The van der Waals surface area contributed by atoms with E-state index in [0.717, 1.165) is 12.8 Å². The predicted octanol–water partition coefficient (Wildman–Crippen LogP) is 3.34. The number of carbonyl (C=O) groups is 1. The monoisotopic (exact) mass is 226 g/mol. The minimum absolute atomic E-state index is 0.172. The average Bonchev–Trinajstić information content (AvgIpc) is 2.33. The first-order valence-electron chi connectivity index (χ1n) is 5.98. The Morgan fingerprint density at radius 3 is 2.76 bits per heavy atom. The largest absolute Gasteiger partial charge is 0.481 e. The second-order valence-corrected chi connectivity index (χ2v) is 4.70. The zero-order valence-electron chi connectivity index (χ0n) is 9.52. The Morgan fingerprint density at radius 1 is 1.24 bits per heavy atom. The number of benzene rings is 2. The fourth-order valence-electron chi connectivity index (χ4n) is 2.91. The zero-order valence-corrected chi connectivity index (χ0v) is 9.52. The molecule has 0 radical (unpaired) electrons. The molecule has 1 N–H and O–H groups in total. The highest BCUT2D eigenvalue weighted by Crippen LogP contribution is 2.38. The maximum absolute atomic E-state index is 10.9. The highest BCUT2D eigenvalue weighted by atomic mass is 16.4. The summed E-state index contributed by atoms with van der Waals surface area (Å²) in [6.45, 7) is 0. The van der Waals surface area contributed by atoms with Crippen LogP contribution in [0.5, 0.6) is 0 Å². The lowest BCUT2D eigenvalue weighted by molar-refractivity contribution is -0.137. The molecular weight excluding hydrogens is 212 g/mol. The molecule has 0 bridgehead atoms. The highest BCUT2D eigenvalue weighted by Gasteiger charge is 2.23. The predicted molar refractivity (Wildman–Crippen MR) is 67.3 cm³/mol. The van der Waals surface area contributed by atoms with E-state index in [1.165, 1.54) is 21.9 Å². The fourth-order valence-corrected chi connectivity index (χ4v) is 2.91. The van der Waals surface area contributed by atoms with Crippen LogP contribution in [0.25, 0.3) is 10.8 Å². The number of aliphatic carboxylic acids is 1. The molecule has 0 saturated carbocycles. The van der Waals surface area contributed by atoms with Crippen LogP contribution in [-0.2, 0) is 11.2 Å². The van der Waals surface area contributed by atoms with Gasteiger partial charge in [0.05, 0.1) is 6.42 Å². The lowest BCUT2D eigenvalue weighted by Crippen LogP contribution is -2.12. The first-order valence-corrected chi connectivity index (χ1v) is 5.98. The van der Waals surface area contributed by atoms with E-state index in [0.29, 0.717) is 0 Å². The van der Waals surface area contributed by atoms with Gasteiger partial charge in [0.15, 0.2) is 0 Å². The molecule has 1 aliphatic carbocycles. The lowest BCUT2D eigenvalue weighted by Gasteiger charge is -2.24. The molecule has 2 heteroatoms. The summed E-state index contributed by atoms with van der Waals surface area (Å²) in [6.07, 6.45) is 2.18. The van der Waals surface area contributed by atoms with E-state index in [9.17, 15) is 4.79 Å². The second kappa shape index (κ2) is 3.88. The second-order valence-electron chi connectivity index (χ2n) is 4.70. The van der Waals surface area contributed by atoms with Gasteiger partial charge in [0.1, 0.15) is 0 Å². The molecule has 1 unspecified atom stereocenters. The number of hydrogen-bond acceptors (Lipinski definition) is 1. The summed E-state index contributed by atoms with van der Waals surface area (Å²) >= 11 is 0. The number of carboxylic acids is 1. The van der Waals surface area contributed by atoms with E-state index in [4.69, 9.17) is 5.11 Å². The standard InChI is InChI=1S/C15H14O2/c16-14(17)9-12-8-7-11-4-1-3-10-5-2-6-13(12)15(10)11/h1-6,12H,7-9H2,(H,16,17). The first-order chi connectivity index (χ1) is 8.25. The fraction of sp³-hybridized carbons (Fsp3) is 0.267. The Labute approximate surface area is 99.9 Å². The van der Waals surface area contributed by atoms with Crippen LogP contribution in [-0.4, -0.2) is 11.1 Å². The Morgan fingerprint density at radius 2 is 2.00 bits per heavy atom. The normalized spacial score (nSPS) is 18.2. The molecule has 2 aromatic rings. The van der Waals surface area contributed by atoms with Gasteiger partial charge in [-0.1, -0.05) is 36.4 Å². The Balaban J connectivity index is 2.19. The van der Waals surface area contributed by atoms with Gasteiger partial charge in [-0.3, -0.25) is 4.79 Å². The van der Waals surface area contributed by atoms with E-state index >= 15 is 0 Å². The van der Waals surface area contributed by atoms with Gasteiger partial charge in [-0.15, -0.1) is 0 Å². The molecule has 0 aromatic heterocycles. The summed E-state index contributed by atoms with van der Waals surface area (Å²) in [5, 5.41) is 11.5. The highest BCUT2D eigenvalue weighted by molar-refractivity contribution is 5.90. The molecule has 1 atom stereocenters. The van der Waals surface area contributed by atoms with Gasteiger partial charge in [0.25, 0.3) is 0 Å². The third-order valence-electron chi connectivity index (χ3n) is 3.65. The van der Waals surface area contributed by atoms with Crippen molar-refractivity contribution in [1.82, 2.24) is 0 Å². The summed E-state index contributed by atoms with van der Waals surface area (Å²) in [5.41, 5.74) is 2.58. The van der Waals surface area contributed by atoms with Crippen LogP contribution in [0.4, 0.5) is 0 Å². The summed E-state index contributed by atoms with van der Waals surface area (Å²) in [7, 11) is 0. The van der Waals surface area contributed by atoms with Crippen molar-refractivity contribution >= 4 is 16.7 Å². The van der Waals surface area contributed by atoms with Crippen LogP contribution < -0.4 is 0 Å². The number of rotatable bonds is 2. The van der Waals surface area contributed by atoms with Crippen LogP contribution in [0.1, 0.15) is 29.9 Å². The Kier molecular flexibility index (Phi) is 2.36. The molecule has 1 aliphatic rings. The third kappa shape index (κ3) is 1.70. The number of carboxylic acid groups (broad SMARTS) is 1. The van der Waals surface area contributed by atoms with E-state index in [-0.39, 0.29) is 12.3 Å². The van der Waals surface area contributed by atoms with Crippen molar-refractivity contribution in [2.45, 2.75) is 25.2 Å². The van der Waals surface area contributed by atoms with E-state index in [1.54, 1.807) is 0 Å². The molecule has 0 amide bonds. The number of aryl methyl sites for hydroxylation is 1. The van der Waals surface area contributed by atoms with Crippen LogP contribution in [0.3, 0.4) is 0 Å². The quantitative estimate of drug-likeness (QED) is 0.852. The first kappa shape index (κ1) is 10.3. The van der Waals surface area contributed by atoms with Gasteiger partial charge in [-0.2, -0.15) is 0 Å². The van der Waals surface area contributed by atoms with Crippen molar-refractivity contribution < 1.29 is 9.90 Å². The maximum Gasteiger partial charge on any atom is 0.303 e. The molecule has 2 aromatic carbocycles. The molecule has 0 saturated heterocycles. The van der Waals surface area contributed by atoms with Gasteiger partial charge in [0, 0.05) is 0 Å². The van der Waals surface area contributed by atoms with E-state index in [1.807, 2.05) is 6.07 Å². The molecule has 86 valence electrons. The van der Waals surface area contributed by atoms with Crippen molar-refractivity contribution in [1.29, 1.82) is 0 Å². The maximum atomic E-state index is 10.9. The van der Waals surface area contributed by atoms with E-state index in [2.05, 4.69) is 30.3 Å². The molecule has 0 aliphatic heterocycles. The van der Waals surface area contributed by atoms with Gasteiger partial charge in [0.2, 0.25) is 0 Å². The van der Waals surface area contributed by atoms with Gasteiger partial charge in [-0.05, 0) is 40.7 Å². The van der Waals surface area contributed by atoms with Crippen molar-refractivity contribution in [2.24, 2.45) is 0 Å². The third-order valence-corrected chi connectivity index (χ3v) is 3.65. The van der Waals surface area contributed by atoms with Gasteiger partial charge in [-0.25, -0.2) is 0 Å². The van der Waals surface area contributed by atoms with Crippen molar-refractivity contribution in [3.8, 4) is 0 Å². The molecule has 0 spiro atoms. The van der Waals surface area contributed by atoms with E-state index < -0.39 is 5.97 Å². The molecule has 2 nitrogen and oxygen atoms in total. The minimum atomic E-state index is -0.702. The van der Waals surface area contributed by atoms with Crippen molar-refractivity contribution in [3.63, 3.8) is 0 Å². The Bertz CT molecular complexity index is 581. The van der Waals surface area contributed by atoms with Crippen LogP contribution in [0, 0.1) is 0 Å². The lowest BCUT2D eigenvalue weighted by atomic mass is 9.80. The molecule has 17 heavy (non-hydrogen) atoms. The summed E-state index contributed by atoms with van der Waals surface area (Å²) in [5.74, 6) is -0.530. The summed E-state index contributed by atoms with van der Waals surface area (Å²) in [4.78, 5) is 10.9. The van der Waals surface area contributed by atoms with Crippen LogP contribution in [0.15, 0.2) is 36.4 Å². The van der Waals surface area contributed by atoms with Crippen LogP contribution in [0.2, 0.25) is 0 Å². The number of hydrogen-bond donors (Lipinski definition) is 1. The molecule has 0 heterocycles. The van der Waals surface area contributed by atoms with Crippen molar-refractivity contribution in [2.75, 3.05) is 0 Å². The Hall–Kier alpha value is -1.83. The molecule has 3 rings (SSSR count). The van der Waals surface area contributed by atoms with Crippen molar-refractivity contribution in [3.05, 3.63) is 47.5 Å². The SMILES string of the molecule is O=C(O)CC1CCc2cccc3cccc1c23. The molecular formula is C15H14O2. The van der Waals surface area contributed by atoms with Crippen LogP contribution >= 0.6 is 0 Å². The topological polar surface area (TPSA) is 37.3 Å². The van der Waals surface area contributed by atoms with Gasteiger partial charge < -0.3 is 5.11 Å². The smallest absolute Gasteiger partial charge is 0.303 e. The average molecular weight is 226 g/mol.